The smallest absolute Gasteiger partial charge is 0.244 e. The summed E-state index contributed by atoms with van der Waals surface area (Å²) in [6, 6.07) is 26.4. The number of rotatable bonds is 8. The molecule has 0 atom stereocenters. The van der Waals surface area contributed by atoms with Crippen LogP contribution in [0.15, 0.2) is 96.4 Å². The minimum Gasteiger partial charge on any atom is -0.457 e. The van der Waals surface area contributed by atoms with Gasteiger partial charge in [0, 0.05) is 24.9 Å². The van der Waals surface area contributed by atoms with Crippen LogP contribution >= 0.6 is 11.3 Å². The Morgan fingerprint density at radius 1 is 0.971 bits per heavy atom. The molecular weight excluding hydrogens is 446 g/mol. The number of nitrogens with zero attached hydrogens (tertiary/aromatic N) is 2. The van der Waals surface area contributed by atoms with Gasteiger partial charge in [-0.25, -0.2) is 4.98 Å². The summed E-state index contributed by atoms with van der Waals surface area (Å²) in [7, 11) is 0. The lowest BCUT2D eigenvalue weighted by atomic mass is 10.2. The topological polar surface area (TPSA) is 71.5 Å². The predicted octanol–water partition coefficient (Wildman–Crippen LogP) is 5.95. The molecule has 170 valence electrons. The summed E-state index contributed by atoms with van der Waals surface area (Å²) in [6.07, 6.45) is 3.07. The zero-order valence-electron chi connectivity index (χ0n) is 18.5. The van der Waals surface area contributed by atoms with Crippen LogP contribution < -0.4 is 15.0 Å². The molecule has 7 heteroatoms. The van der Waals surface area contributed by atoms with E-state index in [1.54, 1.807) is 11.0 Å². The highest BCUT2D eigenvalue weighted by Crippen LogP contribution is 2.29. The Morgan fingerprint density at radius 3 is 2.41 bits per heavy atom. The summed E-state index contributed by atoms with van der Waals surface area (Å²) < 4.78 is 5.84. The number of hydrogen-bond acceptors (Lipinski definition) is 5. The number of amides is 2. The lowest BCUT2D eigenvalue weighted by Crippen LogP contribution is -2.22. The molecule has 0 aliphatic heterocycles. The summed E-state index contributed by atoms with van der Waals surface area (Å²) in [5, 5.41) is 5.22. The molecule has 0 saturated carbocycles. The van der Waals surface area contributed by atoms with Crippen LogP contribution in [0.25, 0.3) is 6.08 Å². The van der Waals surface area contributed by atoms with Crippen molar-refractivity contribution >= 4 is 40.0 Å². The molecule has 0 radical (unpaired) electrons. The van der Waals surface area contributed by atoms with E-state index in [2.05, 4.69) is 10.3 Å². The van der Waals surface area contributed by atoms with Crippen molar-refractivity contribution in [2.24, 2.45) is 0 Å². The highest BCUT2D eigenvalue weighted by molar-refractivity contribution is 7.14. The molecule has 0 unspecified atom stereocenters. The van der Waals surface area contributed by atoms with Crippen molar-refractivity contribution in [1.82, 2.24) is 10.3 Å². The van der Waals surface area contributed by atoms with E-state index in [1.165, 1.54) is 24.3 Å². The van der Waals surface area contributed by atoms with Crippen molar-refractivity contribution in [3.8, 4) is 11.5 Å². The van der Waals surface area contributed by atoms with E-state index >= 15 is 0 Å². The van der Waals surface area contributed by atoms with Crippen LogP contribution in [0.2, 0.25) is 0 Å². The third-order valence-electron chi connectivity index (χ3n) is 4.78. The number of benzene rings is 3. The van der Waals surface area contributed by atoms with Gasteiger partial charge in [-0.15, -0.1) is 11.3 Å². The lowest BCUT2D eigenvalue weighted by molar-refractivity contribution is -0.117. The first kappa shape index (κ1) is 22.9. The number of anilines is 2. The van der Waals surface area contributed by atoms with Gasteiger partial charge in [0.2, 0.25) is 11.8 Å². The minimum absolute atomic E-state index is 0.132. The van der Waals surface area contributed by atoms with Gasteiger partial charge in [0.1, 0.15) is 11.5 Å². The van der Waals surface area contributed by atoms with Gasteiger partial charge >= 0.3 is 0 Å². The molecule has 4 aromatic rings. The maximum absolute atomic E-state index is 12.3. The molecule has 0 saturated heterocycles. The maximum Gasteiger partial charge on any atom is 0.244 e. The molecule has 3 aromatic carbocycles. The first-order valence-electron chi connectivity index (χ1n) is 10.7. The predicted molar refractivity (Wildman–Crippen MR) is 135 cm³/mol. The molecule has 2 amide bonds. The molecule has 1 heterocycles. The van der Waals surface area contributed by atoms with Crippen LogP contribution in [0.3, 0.4) is 0 Å². The third-order valence-corrected chi connectivity index (χ3v) is 5.62. The molecular formula is C27H23N3O3S. The molecule has 0 aliphatic carbocycles. The highest BCUT2D eigenvalue weighted by Gasteiger charge is 2.17. The van der Waals surface area contributed by atoms with Crippen molar-refractivity contribution < 1.29 is 14.3 Å². The highest BCUT2D eigenvalue weighted by atomic mass is 32.1. The summed E-state index contributed by atoms with van der Waals surface area (Å²) in [6.45, 7) is 1.86. The average Bonchev–Trinajstić information content (AvgIpc) is 3.31. The van der Waals surface area contributed by atoms with Gasteiger partial charge in [-0.2, -0.15) is 0 Å². The van der Waals surface area contributed by atoms with Gasteiger partial charge in [-0.1, -0.05) is 48.5 Å². The fourth-order valence-corrected chi connectivity index (χ4v) is 4.07. The number of nitrogens with one attached hydrogen (secondary N) is 1. The molecule has 0 aliphatic rings. The maximum atomic E-state index is 12.3. The van der Waals surface area contributed by atoms with E-state index in [0.29, 0.717) is 23.1 Å². The van der Waals surface area contributed by atoms with Crippen molar-refractivity contribution in [3.05, 3.63) is 108 Å². The number of hydrogen-bond donors (Lipinski definition) is 1. The summed E-state index contributed by atoms with van der Waals surface area (Å²) in [5.41, 5.74) is 2.28. The zero-order valence-corrected chi connectivity index (χ0v) is 19.4. The number of para-hydroxylation sites is 2. The monoisotopic (exact) mass is 469 g/mol. The number of aromatic nitrogens is 1. The van der Waals surface area contributed by atoms with Crippen LogP contribution in [0.5, 0.6) is 11.5 Å². The van der Waals surface area contributed by atoms with Crippen molar-refractivity contribution in [1.29, 1.82) is 0 Å². The second-order valence-electron chi connectivity index (χ2n) is 7.36. The number of carbonyl (C=O) groups excluding carboxylic acids is 2. The summed E-state index contributed by atoms with van der Waals surface area (Å²) in [4.78, 5) is 30.5. The molecule has 0 spiro atoms. The minimum atomic E-state index is -0.240. The standard InChI is InChI=1S/C27H23N3O3S/c1-20(31)30(23-10-4-2-5-11-23)27-29-22(19-34-27)15-16-26(32)28-18-21-9-8-14-25(17-21)33-24-12-6-3-7-13-24/h2-17,19H,18H2,1H3,(H,28,32)/b16-15+. The van der Waals surface area contributed by atoms with E-state index in [9.17, 15) is 9.59 Å². The molecule has 1 N–H and O–H groups in total. The Kier molecular flexibility index (Phi) is 7.47. The first-order valence-corrected chi connectivity index (χ1v) is 11.6. The molecule has 6 nitrogen and oxygen atoms in total. The van der Waals surface area contributed by atoms with E-state index in [4.69, 9.17) is 4.74 Å². The number of ether oxygens (including phenoxy) is 1. The molecule has 34 heavy (non-hydrogen) atoms. The Balaban J connectivity index is 1.35. The second kappa shape index (κ2) is 11.1. The molecule has 4 rings (SSSR count). The van der Waals surface area contributed by atoms with Gasteiger partial charge in [0.05, 0.1) is 11.4 Å². The average molecular weight is 470 g/mol. The largest absolute Gasteiger partial charge is 0.457 e. The Morgan fingerprint density at radius 2 is 1.68 bits per heavy atom. The van der Waals surface area contributed by atoms with Gasteiger partial charge in [-0.3, -0.25) is 14.5 Å². The summed E-state index contributed by atoms with van der Waals surface area (Å²) >= 11 is 1.34. The number of thiazole rings is 1. The lowest BCUT2D eigenvalue weighted by Gasteiger charge is -2.17. The Labute approximate surface area is 202 Å². The van der Waals surface area contributed by atoms with Crippen molar-refractivity contribution in [2.75, 3.05) is 4.90 Å². The van der Waals surface area contributed by atoms with Crippen molar-refractivity contribution in [3.63, 3.8) is 0 Å². The van der Waals surface area contributed by atoms with Gasteiger partial charge < -0.3 is 10.1 Å². The quantitative estimate of drug-likeness (QED) is 0.324. The van der Waals surface area contributed by atoms with Crippen molar-refractivity contribution in [2.45, 2.75) is 13.5 Å². The summed E-state index contributed by atoms with van der Waals surface area (Å²) in [5.74, 6) is 1.09. The Bertz CT molecular complexity index is 1290. The van der Waals surface area contributed by atoms with Crippen LogP contribution in [-0.4, -0.2) is 16.8 Å². The van der Waals surface area contributed by atoms with Crippen LogP contribution in [0, 0.1) is 0 Å². The fourth-order valence-electron chi connectivity index (χ4n) is 3.21. The number of carbonyl (C=O) groups is 2. The third kappa shape index (κ3) is 6.17. The van der Waals surface area contributed by atoms with E-state index in [0.717, 1.165) is 17.0 Å². The SMILES string of the molecule is CC(=O)N(c1ccccc1)c1nc(/C=C/C(=O)NCc2cccc(Oc3ccccc3)c2)cs1. The van der Waals surface area contributed by atoms with E-state index in [-0.39, 0.29) is 11.8 Å². The normalized spacial score (nSPS) is 10.7. The second-order valence-corrected chi connectivity index (χ2v) is 8.20. The van der Waals surface area contributed by atoms with Gasteiger partial charge in [-0.05, 0) is 48.0 Å². The fraction of sp³-hybridized carbons (Fsp3) is 0.0741. The molecule has 0 bridgehead atoms. The first-order chi connectivity index (χ1) is 16.6. The van der Waals surface area contributed by atoms with E-state index in [1.807, 2.05) is 90.3 Å². The zero-order chi connectivity index (χ0) is 23.8. The Hall–Kier alpha value is -4.23. The van der Waals surface area contributed by atoms with Crippen LogP contribution in [0.1, 0.15) is 18.2 Å². The van der Waals surface area contributed by atoms with Gasteiger partial charge in [0.15, 0.2) is 5.13 Å². The molecule has 0 fully saturated rings. The van der Waals surface area contributed by atoms with E-state index < -0.39 is 0 Å². The van der Waals surface area contributed by atoms with Gasteiger partial charge in [0.25, 0.3) is 0 Å². The van der Waals surface area contributed by atoms with Crippen LogP contribution in [0.4, 0.5) is 10.8 Å². The van der Waals surface area contributed by atoms with Crippen LogP contribution in [-0.2, 0) is 16.1 Å². The molecule has 1 aromatic heterocycles.